The molecule has 0 aliphatic rings. The Labute approximate surface area is 142 Å². The van der Waals surface area contributed by atoms with E-state index in [1.165, 1.54) is 14.0 Å². The molecule has 132 valence electrons. The predicted molar refractivity (Wildman–Crippen MR) is 92.3 cm³/mol. The van der Waals surface area contributed by atoms with Crippen molar-refractivity contribution in [2.45, 2.75) is 39.2 Å². The van der Waals surface area contributed by atoms with Gasteiger partial charge in [0.2, 0.25) is 0 Å². The summed E-state index contributed by atoms with van der Waals surface area (Å²) in [5.41, 5.74) is -0.345. The number of hydrogen-bond donors (Lipinski definition) is 2. The third-order valence-corrected chi connectivity index (χ3v) is 3.54. The van der Waals surface area contributed by atoms with Crippen LogP contribution in [0.2, 0.25) is 0 Å². The number of carbonyl (C=O) groups excluding carboxylic acids is 1. The average molecular weight is 335 g/mol. The molecule has 1 aromatic carbocycles. The number of ether oxygens (including phenoxy) is 2. The summed E-state index contributed by atoms with van der Waals surface area (Å²) >= 11 is 0. The molecule has 1 amide bonds. The molecule has 0 bridgehead atoms. The van der Waals surface area contributed by atoms with Crippen molar-refractivity contribution in [2.75, 3.05) is 13.7 Å². The Bertz CT molecular complexity index is 611. The largest absolute Gasteiger partial charge is 0.493 e. The summed E-state index contributed by atoms with van der Waals surface area (Å²) in [4.78, 5) is 23.4. The van der Waals surface area contributed by atoms with E-state index in [9.17, 15) is 14.7 Å². The van der Waals surface area contributed by atoms with Crippen LogP contribution in [0.1, 0.15) is 39.2 Å². The fourth-order valence-electron chi connectivity index (χ4n) is 2.31. The van der Waals surface area contributed by atoms with Gasteiger partial charge in [-0.2, -0.15) is 0 Å². The molecule has 0 aliphatic carbocycles. The molecule has 0 aromatic heterocycles. The molecule has 6 heteroatoms. The molecule has 1 aromatic rings. The molecule has 0 heterocycles. The van der Waals surface area contributed by atoms with Gasteiger partial charge in [-0.15, -0.1) is 0 Å². The summed E-state index contributed by atoms with van der Waals surface area (Å²) in [6.07, 6.45) is 4.81. The van der Waals surface area contributed by atoms with Gasteiger partial charge in [0.1, 0.15) is 5.54 Å². The van der Waals surface area contributed by atoms with Gasteiger partial charge in [-0.25, -0.2) is 4.79 Å². The van der Waals surface area contributed by atoms with Crippen LogP contribution in [0.4, 0.5) is 0 Å². The molecule has 1 atom stereocenters. The Kier molecular flexibility index (Phi) is 7.30. The fraction of sp³-hybridized carbons (Fsp3) is 0.444. The summed E-state index contributed by atoms with van der Waals surface area (Å²) < 4.78 is 10.7. The highest BCUT2D eigenvalue weighted by Crippen LogP contribution is 2.28. The van der Waals surface area contributed by atoms with Crippen LogP contribution in [0, 0.1) is 0 Å². The fourth-order valence-corrected chi connectivity index (χ4v) is 2.31. The van der Waals surface area contributed by atoms with Crippen LogP contribution in [-0.4, -0.2) is 36.2 Å². The maximum atomic E-state index is 12.0. The molecule has 24 heavy (non-hydrogen) atoms. The lowest BCUT2D eigenvalue weighted by Gasteiger charge is -2.25. The first kappa shape index (κ1) is 19.5. The smallest absolute Gasteiger partial charge is 0.329 e. The molecule has 1 rings (SSSR count). The van der Waals surface area contributed by atoms with Crippen LogP contribution in [0.5, 0.6) is 11.5 Å². The second kappa shape index (κ2) is 8.96. The lowest BCUT2D eigenvalue weighted by atomic mass is 9.96. The Morgan fingerprint density at radius 1 is 1.33 bits per heavy atom. The van der Waals surface area contributed by atoms with Crippen LogP contribution < -0.4 is 14.8 Å². The molecule has 2 N–H and O–H groups in total. The highest BCUT2D eigenvalue weighted by Gasteiger charge is 2.33. The number of methoxy groups -OCH3 is 1. The Morgan fingerprint density at radius 2 is 2.04 bits per heavy atom. The standard InChI is InChI=1S/C18H25NO5/c1-5-7-13-8-9-14(15(11-13)23-4)24-12-16(20)19-18(3,10-6-2)17(21)22/h5,7-9,11H,6,10,12H2,1-4H3,(H,19,20)(H,21,22)/b7-5+. The summed E-state index contributed by atoms with van der Waals surface area (Å²) in [5, 5.41) is 11.8. The minimum atomic E-state index is -1.30. The lowest BCUT2D eigenvalue weighted by molar-refractivity contribution is -0.147. The lowest BCUT2D eigenvalue weighted by Crippen LogP contribution is -2.53. The number of hydrogen-bond acceptors (Lipinski definition) is 4. The molecular formula is C18H25NO5. The van der Waals surface area contributed by atoms with Crippen LogP contribution in [-0.2, 0) is 9.59 Å². The Balaban J connectivity index is 2.75. The summed E-state index contributed by atoms with van der Waals surface area (Å²) in [7, 11) is 1.52. The highest BCUT2D eigenvalue weighted by molar-refractivity contribution is 5.87. The van der Waals surface area contributed by atoms with Gasteiger partial charge in [-0.3, -0.25) is 4.79 Å². The summed E-state index contributed by atoms with van der Waals surface area (Å²) in [6.45, 7) is 4.98. The number of nitrogens with one attached hydrogen (secondary N) is 1. The van der Waals surface area contributed by atoms with E-state index < -0.39 is 17.4 Å². The van der Waals surface area contributed by atoms with Gasteiger partial charge >= 0.3 is 5.97 Å². The first-order valence-corrected chi connectivity index (χ1v) is 7.84. The van der Waals surface area contributed by atoms with E-state index >= 15 is 0 Å². The predicted octanol–water partition coefficient (Wildman–Crippen LogP) is 2.87. The molecule has 0 spiro atoms. The van der Waals surface area contributed by atoms with Gasteiger partial charge in [-0.1, -0.05) is 31.6 Å². The van der Waals surface area contributed by atoms with E-state index in [4.69, 9.17) is 9.47 Å². The number of aliphatic carboxylic acids is 1. The zero-order valence-electron chi connectivity index (χ0n) is 14.6. The van der Waals surface area contributed by atoms with E-state index in [1.807, 2.05) is 32.1 Å². The number of carboxylic acids is 1. The van der Waals surface area contributed by atoms with Crippen molar-refractivity contribution in [3.8, 4) is 11.5 Å². The minimum Gasteiger partial charge on any atom is -0.493 e. The zero-order valence-corrected chi connectivity index (χ0v) is 14.6. The molecule has 0 fully saturated rings. The van der Waals surface area contributed by atoms with E-state index in [2.05, 4.69) is 5.32 Å². The van der Waals surface area contributed by atoms with Gasteiger partial charge in [0.05, 0.1) is 7.11 Å². The van der Waals surface area contributed by atoms with Gasteiger partial charge in [0.25, 0.3) is 5.91 Å². The number of carboxylic acid groups (broad SMARTS) is 1. The third kappa shape index (κ3) is 5.30. The quantitative estimate of drug-likeness (QED) is 0.725. The second-order valence-electron chi connectivity index (χ2n) is 5.63. The second-order valence-corrected chi connectivity index (χ2v) is 5.63. The van der Waals surface area contributed by atoms with E-state index in [1.54, 1.807) is 12.1 Å². The number of carbonyl (C=O) groups is 2. The van der Waals surface area contributed by atoms with Crippen molar-refractivity contribution in [3.05, 3.63) is 29.8 Å². The van der Waals surface area contributed by atoms with E-state index in [-0.39, 0.29) is 6.61 Å². The molecular weight excluding hydrogens is 310 g/mol. The van der Waals surface area contributed by atoms with Crippen LogP contribution in [0.15, 0.2) is 24.3 Å². The Morgan fingerprint density at radius 3 is 2.58 bits per heavy atom. The normalized spacial score (nSPS) is 13.3. The maximum Gasteiger partial charge on any atom is 0.329 e. The molecule has 6 nitrogen and oxygen atoms in total. The third-order valence-electron chi connectivity index (χ3n) is 3.54. The first-order chi connectivity index (χ1) is 11.4. The van der Waals surface area contributed by atoms with Crippen molar-refractivity contribution in [2.24, 2.45) is 0 Å². The van der Waals surface area contributed by atoms with E-state index in [0.717, 1.165) is 5.56 Å². The molecule has 0 aliphatic heterocycles. The van der Waals surface area contributed by atoms with Crippen LogP contribution in [0.3, 0.4) is 0 Å². The van der Waals surface area contributed by atoms with E-state index in [0.29, 0.717) is 24.3 Å². The van der Waals surface area contributed by atoms with Gasteiger partial charge in [0.15, 0.2) is 18.1 Å². The van der Waals surface area contributed by atoms with Crippen molar-refractivity contribution in [1.82, 2.24) is 5.32 Å². The Hall–Kier alpha value is -2.50. The summed E-state index contributed by atoms with van der Waals surface area (Å²) in [5.74, 6) is -0.625. The average Bonchev–Trinajstić information content (AvgIpc) is 2.53. The highest BCUT2D eigenvalue weighted by atomic mass is 16.5. The van der Waals surface area contributed by atoms with Gasteiger partial charge in [-0.05, 0) is 38.0 Å². The zero-order chi connectivity index (χ0) is 18.2. The number of rotatable bonds is 9. The van der Waals surface area contributed by atoms with Crippen molar-refractivity contribution in [1.29, 1.82) is 0 Å². The molecule has 0 radical (unpaired) electrons. The molecule has 1 unspecified atom stereocenters. The molecule has 0 saturated carbocycles. The van der Waals surface area contributed by atoms with Crippen molar-refractivity contribution < 1.29 is 24.2 Å². The monoisotopic (exact) mass is 335 g/mol. The van der Waals surface area contributed by atoms with Crippen molar-refractivity contribution in [3.63, 3.8) is 0 Å². The van der Waals surface area contributed by atoms with Gasteiger partial charge < -0.3 is 19.9 Å². The minimum absolute atomic E-state index is 0.286. The first-order valence-electron chi connectivity index (χ1n) is 7.84. The molecule has 0 saturated heterocycles. The van der Waals surface area contributed by atoms with Crippen molar-refractivity contribution >= 4 is 18.0 Å². The number of benzene rings is 1. The van der Waals surface area contributed by atoms with Crippen LogP contribution in [0.25, 0.3) is 6.08 Å². The number of allylic oxidation sites excluding steroid dienone is 1. The maximum absolute atomic E-state index is 12.0. The number of amides is 1. The van der Waals surface area contributed by atoms with Crippen LogP contribution >= 0.6 is 0 Å². The van der Waals surface area contributed by atoms with Gasteiger partial charge in [0, 0.05) is 0 Å². The summed E-state index contributed by atoms with van der Waals surface area (Å²) in [6, 6.07) is 5.35. The SMILES string of the molecule is C/C=C/c1ccc(OCC(=O)NC(C)(CCC)C(=O)O)c(OC)c1. The topological polar surface area (TPSA) is 84.9 Å².